The van der Waals surface area contributed by atoms with Gasteiger partial charge in [-0.3, -0.25) is 4.79 Å². The maximum absolute atomic E-state index is 11.1. The maximum Gasteiger partial charge on any atom is 0.134 e. The van der Waals surface area contributed by atoms with E-state index in [4.69, 9.17) is 0 Å². The summed E-state index contributed by atoms with van der Waals surface area (Å²) < 4.78 is 0. The van der Waals surface area contributed by atoms with Crippen molar-refractivity contribution in [2.45, 2.75) is 26.7 Å². The van der Waals surface area contributed by atoms with Crippen molar-refractivity contribution in [1.29, 1.82) is 0 Å². The zero-order valence-electron chi connectivity index (χ0n) is 10.9. The predicted octanol–water partition coefficient (Wildman–Crippen LogP) is 4.05. The Morgan fingerprint density at radius 1 is 0.944 bits per heavy atom. The van der Waals surface area contributed by atoms with Gasteiger partial charge in [-0.1, -0.05) is 55.5 Å². The minimum atomic E-state index is 0.202. The Balaban J connectivity index is 2.29. The number of hydrogen-bond donors (Lipinski definition) is 0. The Kier molecular flexibility index (Phi) is 3.93. The number of carbonyl (C=O) groups excluding carboxylic acids is 1. The van der Waals surface area contributed by atoms with Crippen molar-refractivity contribution in [3.05, 3.63) is 59.7 Å². The van der Waals surface area contributed by atoms with E-state index in [0.29, 0.717) is 6.42 Å². The van der Waals surface area contributed by atoms with Crippen molar-refractivity contribution in [2.75, 3.05) is 0 Å². The average Bonchev–Trinajstić information content (AvgIpc) is 2.38. The van der Waals surface area contributed by atoms with Gasteiger partial charge in [0, 0.05) is 6.42 Å². The zero-order valence-corrected chi connectivity index (χ0v) is 10.9. The van der Waals surface area contributed by atoms with Gasteiger partial charge >= 0.3 is 0 Å². The fourth-order valence-electron chi connectivity index (χ4n) is 2.08. The van der Waals surface area contributed by atoms with Crippen molar-refractivity contribution in [3.63, 3.8) is 0 Å². The fourth-order valence-corrected chi connectivity index (χ4v) is 2.08. The molecule has 0 radical (unpaired) electrons. The van der Waals surface area contributed by atoms with Gasteiger partial charge in [0.2, 0.25) is 0 Å². The first-order valence-electron chi connectivity index (χ1n) is 6.36. The van der Waals surface area contributed by atoms with E-state index in [-0.39, 0.29) is 5.78 Å². The summed E-state index contributed by atoms with van der Waals surface area (Å²) in [6.07, 6.45) is 1.57. The van der Waals surface area contributed by atoms with E-state index >= 15 is 0 Å². The molecule has 0 aliphatic rings. The number of benzene rings is 2. The van der Waals surface area contributed by atoms with Crippen LogP contribution in [0.3, 0.4) is 0 Å². The fraction of sp³-hybridized carbons (Fsp3) is 0.235. The largest absolute Gasteiger partial charge is 0.300 e. The van der Waals surface area contributed by atoms with Crippen LogP contribution in [0.1, 0.15) is 25.0 Å². The topological polar surface area (TPSA) is 17.1 Å². The molecule has 0 unspecified atom stereocenters. The first-order valence-corrected chi connectivity index (χ1v) is 6.36. The summed E-state index contributed by atoms with van der Waals surface area (Å²) >= 11 is 0. The lowest BCUT2D eigenvalue weighted by molar-refractivity contribution is -0.116. The van der Waals surface area contributed by atoms with E-state index in [0.717, 1.165) is 12.0 Å². The SMILES string of the molecule is CCc1ccc(-c2cccc(CC(C)=O)c2)cc1. The third-order valence-corrected chi connectivity index (χ3v) is 3.08. The lowest BCUT2D eigenvalue weighted by Gasteiger charge is -2.05. The molecule has 0 aliphatic heterocycles. The van der Waals surface area contributed by atoms with Crippen LogP contribution in [0.2, 0.25) is 0 Å². The highest BCUT2D eigenvalue weighted by atomic mass is 16.1. The molecule has 0 saturated heterocycles. The second-order valence-corrected chi connectivity index (χ2v) is 4.63. The summed E-state index contributed by atoms with van der Waals surface area (Å²) in [6.45, 7) is 3.78. The van der Waals surface area contributed by atoms with E-state index in [9.17, 15) is 4.79 Å². The molecule has 0 fully saturated rings. The van der Waals surface area contributed by atoms with Crippen LogP contribution in [-0.4, -0.2) is 5.78 Å². The van der Waals surface area contributed by atoms with Crippen LogP contribution in [0, 0.1) is 0 Å². The molecule has 0 aromatic heterocycles. The lowest BCUT2D eigenvalue weighted by Crippen LogP contribution is -1.96. The molecule has 92 valence electrons. The number of hydrogen-bond acceptors (Lipinski definition) is 1. The number of Topliss-reactive ketones (excluding diaryl/α,β-unsaturated/α-hetero) is 1. The van der Waals surface area contributed by atoms with Crippen molar-refractivity contribution in [1.82, 2.24) is 0 Å². The standard InChI is InChI=1S/C17H18O/c1-3-14-7-9-16(10-8-14)17-6-4-5-15(12-17)11-13(2)18/h4-10,12H,3,11H2,1-2H3. The zero-order chi connectivity index (χ0) is 13.0. The second-order valence-electron chi connectivity index (χ2n) is 4.63. The quantitative estimate of drug-likeness (QED) is 0.785. The highest BCUT2D eigenvalue weighted by Gasteiger charge is 2.01. The summed E-state index contributed by atoms with van der Waals surface area (Å²) in [5.41, 5.74) is 4.81. The van der Waals surface area contributed by atoms with Gasteiger partial charge in [-0.15, -0.1) is 0 Å². The molecular weight excluding hydrogens is 220 g/mol. The van der Waals surface area contributed by atoms with Crippen LogP contribution >= 0.6 is 0 Å². The number of aryl methyl sites for hydroxylation is 1. The molecule has 0 bridgehead atoms. The van der Waals surface area contributed by atoms with Gasteiger partial charge in [-0.2, -0.15) is 0 Å². The van der Waals surface area contributed by atoms with E-state index in [2.05, 4.69) is 43.3 Å². The van der Waals surface area contributed by atoms with Crippen molar-refractivity contribution < 1.29 is 4.79 Å². The summed E-state index contributed by atoms with van der Waals surface area (Å²) in [5.74, 6) is 0.202. The summed E-state index contributed by atoms with van der Waals surface area (Å²) in [4.78, 5) is 11.1. The predicted molar refractivity (Wildman–Crippen MR) is 75.6 cm³/mol. The first-order chi connectivity index (χ1) is 8.69. The van der Waals surface area contributed by atoms with Gasteiger partial charge in [0.1, 0.15) is 5.78 Å². The van der Waals surface area contributed by atoms with Crippen LogP contribution in [0.4, 0.5) is 0 Å². The molecule has 0 amide bonds. The Bertz CT molecular complexity index is 538. The van der Waals surface area contributed by atoms with Crippen LogP contribution in [0.5, 0.6) is 0 Å². The van der Waals surface area contributed by atoms with Gasteiger partial charge in [-0.25, -0.2) is 0 Å². The number of ketones is 1. The number of rotatable bonds is 4. The van der Waals surface area contributed by atoms with Gasteiger partial charge < -0.3 is 0 Å². The Hall–Kier alpha value is -1.89. The molecule has 0 heterocycles. The monoisotopic (exact) mass is 238 g/mol. The average molecular weight is 238 g/mol. The normalized spacial score (nSPS) is 10.3. The van der Waals surface area contributed by atoms with Gasteiger partial charge in [0.05, 0.1) is 0 Å². The van der Waals surface area contributed by atoms with Gasteiger partial charge in [-0.05, 0) is 35.6 Å². The Labute approximate surface area is 108 Å². The summed E-state index contributed by atoms with van der Waals surface area (Å²) in [5, 5.41) is 0. The van der Waals surface area contributed by atoms with Crippen LogP contribution in [0.25, 0.3) is 11.1 Å². The second kappa shape index (κ2) is 5.63. The van der Waals surface area contributed by atoms with E-state index < -0.39 is 0 Å². The molecular formula is C17H18O. The molecule has 2 aromatic carbocycles. The van der Waals surface area contributed by atoms with Crippen molar-refractivity contribution in [2.24, 2.45) is 0 Å². The molecule has 0 saturated carbocycles. The maximum atomic E-state index is 11.1. The first kappa shape index (κ1) is 12.6. The molecule has 2 rings (SSSR count). The third kappa shape index (κ3) is 3.07. The van der Waals surface area contributed by atoms with E-state index in [1.807, 2.05) is 12.1 Å². The molecule has 1 nitrogen and oxygen atoms in total. The van der Waals surface area contributed by atoms with Crippen LogP contribution in [0.15, 0.2) is 48.5 Å². The minimum Gasteiger partial charge on any atom is -0.300 e. The highest BCUT2D eigenvalue weighted by molar-refractivity contribution is 5.78. The lowest BCUT2D eigenvalue weighted by atomic mass is 9.99. The molecule has 0 atom stereocenters. The van der Waals surface area contributed by atoms with E-state index in [1.165, 1.54) is 16.7 Å². The third-order valence-electron chi connectivity index (χ3n) is 3.08. The number of carbonyl (C=O) groups is 1. The Morgan fingerprint density at radius 2 is 1.67 bits per heavy atom. The van der Waals surface area contributed by atoms with Crippen molar-refractivity contribution in [3.8, 4) is 11.1 Å². The van der Waals surface area contributed by atoms with Crippen LogP contribution < -0.4 is 0 Å². The molecule has 2 aromatic rings. The summed E-state index contributed by atoms with van der Waals surface area (Å²) in [6, 6.07) is 16.8. The smallest absolute Gasteiger partial charge is 0.134 e. The molecule has 1 heteroatoms. The van der Waals surface area contributed by atoms with E-state index in [1.54, 1.807) is 6.92 Å². The van der Waals surface area contributed by atoms with Gasteiger partial charge in [0.15, 0.2) is 0 Å². The molecule has 18 heavy (non-hydrogen) atoms. The molecule has 0 N–H and O–H groups in total. The molecule has 0 spiro atoms. The molecule has 0 aliphatic carbocycles. The highest BCUT2D eigenvalue weighted by Crippen LogP contribution is 2.21. The Morgan fingerprint density at radius 3 is 2.28 bits per heavy atom. The van der Waals surface area contributed by atoms with Crippen LogP contribution in [-0.2, 0) is 17.6 Å². The van der Waals surface area contributed by atoms with Gasteiger partial charge in [0.25, 0.3) is 0 Å². The minimum absolute atomic E-state index is 0.202. The van der Waals surface area contributed by atoms with Crippen molar-refractivity contribution >= 4 is 5.78 Å². The summed E-state index contributed by atoms with van der Waals surface area (Å²) in [7, 11) is 0.